The topological polar surface area (TPSA) is 86.8 Å². The van der Waals surface area contributed by atoms with E-state index in [-0.39, 0.29) is 45.4 Å². The molecule has 0 unspecified atom stereocenters. The minimum Gasteiger partial charge on any atom is -0.354 e. The summed E-state index contributed by atoms with van der Waals surface area (Å²) < 4.78 is 29.1. The van der Waals surface area contributed by atoms with E-state index in [2.05, 4.69) is 5.32 Å². The molecule has 0 aliphatic carbocycles. The molecular weight excluding hydrogens is 653 g/mol. The van der Waals surface area contributed by atoms with Crippen LogP contribution in [0.25, 0.3) is 0 Å². The number of hydrogen-bond acceptors (Lipinski definition) is 4. The normalized spacial score (nSPS) is 12.0. The maximum Gasteiger partial charge on any atom is 0.264 e. The Bertz CT molecular complexity index is 1700. The standard InChI is InChI=1S/C34H34Cl3N3O4S/c1-24(2)21-38-34(42)32(17-25-11-5-3-6-12-25)39(22-26-13-9-10-16-31(26)37)33(41)23-40(29-19-27(35)18-28(36)20-29)45(43,44)30-14-7-4-8-15-30/h3-16,18-20,24,32H,17,21-23H2,1-2H3,(H,38,42)/t32-/m0/s1. The zero-order valence-electron chi connectivity index (χ0n) is 24.9. The number of benzene rings is 4. The molecular formula is C34H34Cl3N3O4S. The van der Waals surface area contributed by atoms with Crippen LogP contribution in [0.15, 0.2) is 108 Å². The van der Waals surface area contributed by atoms with Gasteiger partial charge < -0.3 is 10.2 Å². The third-order valence-corrected chi connectivity index (χ3v) is 9.59. The summed E-state index contributed by atoms with van der Waals surface area (Å²) in [5.41, 5.74) is 1.53. The highest BCUT2D eigenvalue weighted by Gasteiger charge is 2.35. The van der Waals surface area contributed by atoms with Crippen molar-refractivity contribution in [2.24, 2.45) is 5.92 Å². The van der Waals surface area contributed by atoms with Gasteiger partial charge in [0.1, 0.15) is 12.6 Å². The number of sulfonamides is 1. The maximum atomic E-state index is 14.5. The Morgan fingerprint density at radius 1 is 0.800 bits per heavy atom. The zero-order valence-corrected chi connectivity index (χ0v) is 28.0. The molecule has 0 aliphatic heterocycles. The van der Waals surface area contributed by atoms with E-state index in [0.717, 1.165) is 9.87 Å². The van der Waals surface area contributed by atoms with Gasteiger partial charge in [-0.3, -0.25) is 13.9 Å². The fourth-order valence-corrected chi connectivity index (χ4v) is 6.85. The van der Waals surface area contributed by atoms with E-state index in [1.54, 1.807) is 42.5 Å². The van der Waals surface area contributed by atoms with Crippen LogP contribution in [0, 0.1) is 5.92 Å². The van der Waals surface area contributed by atoms with Gasteiger partial charge in [0.25, 0.3) is 10.0 Å². The Morgan fingerprint density at radius 3 is 1.98 bits per heavy atom. The first-order chi connectivity index (χ1) is 21.5. The summed E-state index contributed by atoms with van der Waals surface area (Å²) in [4.78, 5) is 29.7. The van der Waals surface area contributed by atoms with E-state index in [9.17, 15) is 18.0 Å². The number of carbonyl (C=O) groups is 2. The molecule has 0 spiro atoms. The van der Waals surface area contributed by atoms with Gasteiger partial charge in [0.15, 0.2) is 0 Å². The number of amides is 2. The van der Waals surface area contributed by atoms with Crippen LogP contribution in [0.3, 0.4) is 0 Å². The minimum absolute atomic E-state index is 0.0259. The SMILES string of the molecule is CC(C)CNC(=O)[C@H](Cc1ccccc1)N(Cc1ccccc1Cl)C(=O)CN(c1cc(Cl)cc(Cl)c1)S(=O)(=O)c1ccccc1. The summed E-state index contributed by atoms with van der Waals surface area (Å²) in [7, 11) is -4.28. The maximum absolute atomic E-state index is 14.5. The van der Waals surface area contributed by atoms with Crippen LogP contribution in [0.4, 0.5) is 5.69 Å². The molecule has 0 radical (unpaired) electrons. The van der Waals surface area contributed by atoms with Gasteiger partial charge in [0.2, 0.25) is 11.8 Å². The van der Waals surface area contributed by atoms with E-state index >= 15 is 0 Å². The molecule has 0 heterocycles. The van der Waals surface area contributed by atoms with Gasteiger partial charge in [-0.15, -0.1) is 0 Å². The molecule has 0 saturated heterocycles. The molecule has 2 amide bonds. The van der Waals surface area contributed by atoms with Gasteiger partial charge in [-0.1, -0.05) is 115 Å². The first kappa shape index (κ1) is 34.3. The van der Waals surface area contributed by atoms with Gasteiger partial charge in [0.05, 0.1) is 10.6 Å². The summed E-state index contributed by atoms with van der Waals surface area (Å²) in [5, 5.41) is 3.76. The molecule has 1 atom stereocenters. The highest BCUT2D eigenvalue weighted by Crippen LogP contribution is 2.30. The first-order valence-electron chi connectivity index (χ1n) is 14.3. The molecule has 0 aromatic heterocycles. The summed E-state index contributed by atoms with van der Waals surface area (Å²) >= 11 is 19.1. The van der Waals surface area contributed by atoms with Crippen molar-refractivity contribution >= 4 is 62.3 Å². The monoisotopic (exact) mass is 685 g/mol. The summed E-state index contributed by atoms with van der Waals surface area (Å²) in [6.07, 6.45) is 0.190. The molecule has 0 bridgehead atoms. The number of rotatable bonds is 13. The van der Waals surface area contributed by atoms with E-state index in [1.165, 1.54) is 35.2 Å². The number of hydrogen-bond donors (Lipinski definition) is 1. The second-order valence-electron chi connectivity index (χ2n) is 10.9. The molecule has 4 rings (SSSR count). The van der Waals surface area contributed by atoms with E-state index in [0.29, 0.717) is 17.1 Å². The quantitative estimate of drug-likeness (QED) is 0.161. The molecule has 0 fully saturated rings. The number of nitrogens with one attached hydrogen (secondary N) is 1. The molecule has 11 heteroatoms. The molecule has 4 aromatic carbocycles. The van der Waals surface area contributed by atoms with Crippen molar-refractivity contribution in [3.8, 4) is 0 Å². The highest BCUT2D eigenvalue weighted by molar-refractivity contribution is 7.92. The Morgan fingerprint density at radius 2 is 1.38 bits per heavy atom. The highest BCUT2D eigenvalue weighted by atomic mass is 35.5. The molecule has 236 valence electrons. The molecule has 1 N–H and O–H groups in total. The van der Waals surface area contributed by atoms with Crippen LogP contribution in [0.5, 0.6) is 0 Å². The van der Waals surface area contributed by atoms with Gasteiger partial charge >= 0.3 is 0 Å². The van der Waals surface area contributed by atoms with Gasteiger partial charge in [-0.2, -0.15) is 0 Å². The van der Waals surface area contributed by atoms with Crippen LogP contribution in [-0.4, -0.2) is 44.3 Å². The van der Waals surface area contributed by atoms with Crippen LogP contribution in [0.2, 0.25) is 15.1 Å². The predicted molar refractivity (Wildman–Crippen MR) is 181 cm³/mol. The van der Waals surface area contributed by atoms with Crippen LogP contribution in [0.1, 0.15) is 25.0 Å². The predicted octanol–water partition coefficient (Wildman–Crippen LogP) is 7.25. The Balaban J connectivity index is 1.82. The summed E-state index contributed by atoms with van der Waals surface area (Å²) in [5.74, 6) is -0.819. The van der Waals surface area contributed by atoms with Crippen molar-refractivity contribution in [2.45, 2.75) is 37.8 Å². The molecule has 45 heavy (non-hydrogen) atoms. The third-order valence-electron chi connectivity index (χ3n) is 7.00. The van der Waals surface area contributed by atoms with Crippen molar-refractivity contribution < 1.29 is 18.0 Å². The van der Waals surface area contributed by atoms with E-state index in [4.69, 9.17) is 34.8 Å². The fraction of sp³-hybridized carbons (Fsp3) is 0.235. The van der Waals surface area contributed by atoms with Gasteiger partial charge in [0, 0.05) is 34.6 Å². The Labute approximate surface area is 279 Å². The fourth-order valence-electron chi connectivity index (χ4n) is 4.72. The molecule has 7 nitrogen and oxygen atoms in total. The number of halogens is 3. The summed E-state index contributed by atoms with van der Waals surface area (Å²) in [6.45, 7) is 3.67. The second kappa shape index (κ2) is 15.6. The number of anilines is 1. The molecule has 0 aliphatic rings. The average molecular weight is 687 g/mol. The second-order valence-corrected chi connectivity index (χ2v) is 14.1. The van der Waals surface area contributed by atoms with Crippen molar-refractivity contribution in [1.82, 2.24) is 10.2 Å². The van der Waals surface area contributed by atoms with Crippen LogP contribution in [-0.2, 0) is 32.6 Å². The Kier molecular flexibility index (Phi) is 11.9. The summed E-state index contributed by atoms with van der Waals surface area (Å²) in [6, 6.07) is 27.5. The lowest BCUT2D eigenvalue weighted by Gasteiger charge is -2.34. The van der Waals surface area contributed by atoms with Crippen LogP contribution >= 0.6 is 34.8 Å². The van der Waals surface area contributed by atoms with Gasteiger partial charge in [-0.25, -0.2) is 8.42 Å². The molecule has 4 aromatic rings. The van der Waals surface area contributed by atoms with Crippen LogP contribution < -0.4 is 9.62 Å². The first-order valence-corrected chi connectivity index (χ1v) is 16.9. The van der Waals surface area contributed by atoms with E-state index < -0.39 is 28.5 Å². The van der Waals surface area contributed by atoms with Gasteiger partial charge in [-0.05, 0) is 53.4 Å². The Hall–Kier alpha value is -3.56. The third kappa shape index (κ3) is 9.23. The van der Waals surface area contributed by atoms with Crippen molar-refractivity contribution in [2.75, 3.05) is 17.4 Å². The number of carbonyl (C=O) groups excluding carboxylic acids is 2. The number of nitrogens with zero attached hydrogens (tertiary/aromatic N) is 2. The van der Waals surface area contributed by atoms with Crippen molar-refractivity contribution in [1.29, 1.82) is 0 Å². The van der Waals surface area contributed by atoms with Crippen molar-refractivity contribution in [3.05, 3.63) is 129 Å². The lowest BCUT2D eigenvalue weighted by Crippen LogP contribution is -2.53. The smallest absolute Gasteiger partial charge is 0.264 e. The van der Waals surface area contributed by atoms with E-state index in [1.807, 2.05) is 44.2 Å². The largest absolute Gasteiger partial charge is 0.354 e. The molecule has 0 saturated carbocycles. The van der Waals surface area contributed by atoms with Crippen molar-refractivity contribution in [3.63, 3.8) is 0 Å². The lowest BCUT2D eigenvalue weighted by molar-refractivity contribution is -0.140. The minimum atomic E-state index is -4.28. The average Bonchev–Trinajstić information content (AvgIpc) is 3.01. The lowest BCUT2D eigenvalue weighted by atomic mass is 10.0. The zero-order chi connectivity index (χ0) is 32.6.